The highest BCUT2D eigenvalue weighted by molar-refractivity contribution is 5.78. The average Bonchev–Trinajstić information content (AvgIpc) is 3.05. The molecule has 0 saturated carbocycles. The number of rotatable bonds is 4. The molecule has 0 saturated heterocycles. The minimum absolute atomic E-state index is 0.0220. The molecule has 2 heterocycles. The lowest BCUT2D eigenvalue weighted by Crippen LogP contribution is -2.41. The van der Waals surface area contributed by atoms with E-state index in [0.29, 0.717) is 31.9 Å². The Bertz CT molecular complexity index is 1050. The molecule has 3 aromatic rings. The Kier molecular flexibility index (Phi) is 4.73. The Morgan fingerprint density at radius 1 is 1.07 bits per heavy atom. The summed E-state index contributed by atoms with van der Waals surface area (Å²) in [6.45, 7) is 3.29. The molecular formula is C21H22N4O3. The van der Waals surface area contributed by atoms with E-state index in [1.165, 1.54) is 4.68 Å². The minimum atomic E-state index is -0.166. The number of aromatic nitrogens is 3. The Labute approximate surface area is 162 Å². The zero-order valence-corrected chi connectivity index (χ0v) is 16.0. The van der Waals surface area contributed by atoms with Gasteiger partial charge in [0.05, 0.1) is 25.8 Å². The molecule has 0 aliphatic carbocycles. The van der Waals surface area contributed by atoms with Crippen LogP contribution in [0.2, 0.25) is 0 Å². The molecule has 0 bridgehead atoms. The van der Waals surface area contributed by atoms with Gasteiger partial charge in [0, 0.05) is 13.1 Å². The second-order valence-electron chi connectivity index (χ2n) is 6.94. The standard InChI is InChI=1S/C21H22N4O3/c1-15-3-7-17(8-4-15)25-21(27)24-12-11-23(14-19(24)22-25)20(26)13-16-5-9-18(28-2)10-6-16/h3-10H,11-14H2,1-2H3. The highest BCUT2D eigenvalue weighted by atomic mass is 16.5. The summed E-state index contributed by atoms with van der Waals surface area (Å²) in [4.78, 5) is 27.1. The molecule has 1 aliphatic rings. The first-order chi connectivity index (χ1) is 13.5. The third-order valence-corrected chi connectivity index (χ3v) is 5.01. The molecule has 2 aromatic carbocycles. The Hall–Kier alpha value is -3.35. The van der Waals surface area contributed by atoms with Gasteiger partial charge in [0.1, 0.15) is 5.75 Å². The van der Waals surface area contributed by atoms with Crippen LogP contribution in [0.5, 0.6) is 5.75 Å². The molecule has 0 spiro atoms. The summed E-state index contributed by atoms with van der Waals surface area (Å²) in [6, 6.07) is 15.1. The molecule has 0 N–H and O–H groups in total. The highest BCUT2D eigenvalue weighted by Crippen LogP contribution is 2.15. The normalized spacial score (nSPS) is 13.3. The van der Waals surface area contributed by atoms with Crippen molar-refractivity contribution in [2.75, 3.05) is 13.7 Å². The van der Waals surface area contributed by atoms with Gasteiger partial charge in [-0.2, -0.15) is 4.68 Å². The molecule has 4 rings (SSSR count). The van der Waals surface area contributed by atoms with Crippen molar-refractivity contribution in [2.24, 2.45) is 0 Å². The van der Waals surface area contributed by atoms with Crippen LogP contribution in [-0.4, -0.2) is 38.8 Å². The molecule has 1 aliphatic heterocycles. The first-order valence-corrected chi connectivity index (χ1v) is 9.21. The van der Waals surface area contributed by atoms with Crippen LogP contribution in [0.4, 0.5) is 0 Å². The van der Waals surface area contributed by atoms with Crippen molar-refractivity contribution in [2.45, 2.75) is 26.4 Å². The monoisotopic (exact) mass is 378 g/mol. The lowest BCUT2D eigenvalue weighted by atomic mass is 10.1. The van der Waals surface area contributed by atoms with E-state index in [9.17, 15) is 9.59 Å². The van der Waals surface area contributed by atoms with E-state index in [2.05, 4.69) is 5.10 Å². The fourth-order valence-corrected chi connectivity index (χ4v) is 3.35. The smallest absolute Gasteiger partial charge is 0.350 e. The number of ether oxygens (including phenoxy) is 1. The summed E-state index contributed by atoms with van der Waals surface area (Å²) in [6.07, 6.45) is 0.312. The van der Waals surface area contributed by atoms with E-state index in [4.69, 9.17) is 4.74 Å². The first-order valence-electron chi connectivity index (χ1n) is 9.21. The van der Waals surface area contributed by atoms with Crippen LogP contribution in [0.25, 0.3) is 5.69 Å². The lowest BCUT2D eigenvalue weighted by Gasteiger charge is -2.26. The van der Waals surface area contributed by atoms with Crippen LogP contribution in [-0.2, 0) is 24.3 Å². The van der Waals surface area contributed by atoms with Gasteiger partial charge in [0.25, 0.3) is 0 Å². The Morgan fingerprint density at radius 3 is 2.46 bits per heavy atom. The number of amides is 1. The van der Waals surface area contributed by atoms with Crippen LogP contribution in [0.3, 0.4) is 0 Å². The minimum Gasteiger partial charge on any atom is -0.497 e. The first kappa shape index (κ1) is 18.0. The van der Waals surface area contributed by atoms with Gasteiger partial charge in [-0.3, -0.25) is 9.36 Å². The maximum atomic E-state index is 12.7. The van der Waals surface area contributed by atoms with Crippen molar-refractivity contribution in [3.8, 4) is 11.4 Å². The van der Waals surface area contributed by atoms with Crippen molar-refractivity contribution in [3.05, 3.63) is 76.0 Å². The van der Waals surface area contributed by atoms with Gasteiger partial charge >= 0.3 is 5.69 Å². The Morgan fingerprint density at radius 2 is 1.79 bits per heavy atom. The van der Waals surface area contributed by atoms with Gasteiger partial charge in [-0.15, -0.1) is 5.10 Å². The fraction of sp³-hybridized carbons (Fsp3) is 0.286. The molecule has 144 valence electrons. The molecule has 0 atom stereocenters. The topological polar surface area (TPSA) is 69.4 Å². The maximum Gasteiger partial charge on any atom is 0.350 e. The largest absolute Gasteiger partial charge is 0.497 e. The number of aryl methyl sites for hydroxylation is 1. The number of methoxy groups -OCH3 is 1. The third-order valence-electron chi connectivity index (χ3n) is 5.01. The van der Waals surface area contributed by atoms with Crippen molar-refractivity contribution in [1.82, 2.24) is 19.2 Å². The summed E-state index contributed by atoms with van der Waals surface area (Å²) in [5.41, 5.74) is 2.62. The lowest BCUT2D eigenvalue weighted by molar-refractivity contribution is -0.132. The zero-order valence-electron chi connectivity index (χ0n) is 16.0. The molecule has 7 heteroatoms. The van der Waals surface area contributed by atoms with E-state index in [1.54, 1.807) is 16.6 Å². The highest BCUT2D eigenvalue weighted by Gasteiger charge is 2.25. The van der Waals surface area contributed by atoms with Crippen molar-refractivity contribution >= 4 is 5.91 Å². The number of carbonyl (C=O) groups excluding carboxylic acids is 1. The zero-order chi connectivity index (χ0) is 19.7. The van der Waals surface area contributed by atoms with Crippen LogP contribution in [0.15, 0.2) is 53.3 Å². The second kappa shape index (κ2) is 7.34. The number of nitrogens with zero attached hydrogens (tertiary/aromatic N) is 4. The van der Waals surface area contributed by atoms with Crippen LogP contribution < -0.4 is 10.4 Å². The summed E-state index contributed by atoms with van der Waals surface area (Å²) < 4.78 is 8.21. The molecule has 0 fully saturated rings. The third kappa shape index (κ3) is 3.43. The van der Waals surface area contributed by atoms with Gasteiger partial charge in [-0.25, -0.2) is 4.79 Å². The number of fused-ring (bicyclic) bond motifs is 1. The molecule has 1 amide bonds. The number of hydrogen-bond acceptors (Lipinski definition) is 4. The summed E-state index contributed by atoms with van der Waals surface area (Å²) in [7, 11) is 1.61. The SMILES string of the molecule is COc1ccc(CC(=O)N2CCn3c(nn(-c4ccc(C)cc4)c3=O)C2)cc1. The van der Waals surface area contributed by atoms with Crippen LogP contribution in [0.1, 0.15) is 17.0 Å². The molecule has 0 unspecified atom stereocenters. The maximum absolute atomic E-state index is 12.7. The van der Waals surface area contributed by atoms with Crippen LogP contribution in [0, 0.1) is 6.92 Å². The van der Waals surface area contributed by atoms with Crippen molar-refractivity contribution in [3.63, 3.8) is 0 Å². The molecule has 1 aromatic heterocycles. The quantitative estimate of drug-likeness (QED) is 0.696. The van der Waals surface area contributed by atoms with Gasteiger partial charge < -0.3 is 9.64 Å². The second-order valence-corrected chi connectivity index (χ2v) is 6.94. The van der Waals surface area contributed by atoms with Crippen LogP contribution >= 0.6 is 0 Å². The van der Waals surface area contributed by atoms with E-state index < -0.39 is 0 Å². The molecular weight excluding hydrogens is 356 g/mol. The molecule has 28 heavy (non-hydrogen) atoms. The predicted octanol–water partition coefficient (Wildman–Crippen LogP) is 1.94. The number of hydrogen-bond donors (Lipinski definition) is 0. The Balaban J connectivity index is 1.51. The van der Waals surface area contributed by atoms with E-state index in [1.807, 2.05) is 55.5 Å². The van der Waals surface area contributed by atoms with Gasteiger partial charge in [0.15, 0.2) is 5.82 Å². The summed E-state index contributed by atoms with van der Waals surface area (Å²) in [5, 5.41) is 4.47. The average molecular weight is 378 g/mol. The van der Waals surface area contributed by atoms with Gasteiger partial charge in [0.2, 0.25) is 5.91 Å². The number of benzene rings is 2. The van der Waals surface area contributed by atoms with Gasteiger partial charge in [-0.1, -0.05) is 29.8 Å². The number of carbonyl (C=O) groups is 1. The molecule has 7 nitrogen and oxygen atoms in total. The van der Waals surface area contributed by atoms with E-state index in [0.717, 1.165) is 22.6 Å². The fourth-order valence-electron chi connectivity index (χ4n) is 3.35. The van der Waals surface area contributed by atoms with E-state index in [-0.39, 0.29) is 11.6 Å². The molecule has 0 radical (unpaired) electrons. The van der Waals surface area contributed by atoms with Crippen molar-refractivity contribution in [1.29, 1.82) is 0 Å². The summed E-state index contributed by atoms with van der Waals surface area (Å²) >= 11 is 0. The van der Waals surface area contributed by atoms with Crippen molar-refractivity contribution < 1.29 is 9.53 Å². The van der Waals surface area contributed by atoms with E-state index >= 15 is 0 Å². The summed E-state index contributed by atoms with van der Waals surface area (Å²) in [5.74, 6) is 1.40. The predicted molar refractivity (Wildman–Crippen MR) is 105 cm³/mol. The van der Waals surface area contributed by atoms with Gasteiger partial charge in [-0.05, 0) is 36.8 Å².